The Morgan fingerprint density at radius 1 is 0.875 bits per heavy atom. The van der Waals surface area contributed by atoms with Gasteiger partial charge in [-0.1, -0.05) is 0 Å². The molecule has 0 aromatic rings. The summed E-state index contributed by atoms with van der Waals surface area (Å²) in [7, 11) is -2.54. The summed E-state index contributed by atoms with van der Waals surface area (Å²) in [5, 5.41) is 28.6. The topological polar surface area (TPSA) is 190 Å². The third-order valence-electron chi connectivity index (χ3n) is 4.86. The Balaban J connectivity index is 2.88. The van der Waals surface area contributed by atoms with Crippen LogP contribution in [0.15, 0.2) is 0 Å². The maximum Gasteiger partial charge on any atom is 0.328 e. The molecule has 1 fully saturated rings. The number of rotatable bonds is 12. The van der Waals surface area contributed by atoms with Crippen molar-refractivity contribution in [1.29, 1.82) is 0 Å². The highest BCUT2D eigenvalue weighted by Crippen LogP contribution is 2.24. The number of aliphatic carboxylic acids is 2. The molecule has 14 nitrogen and oxygen atoms in total. The van der Waals surface area contributed by atoms with Crippen molar-refractivity contribution in [2.45, 2.75) is 6.10 Å². The van der Waals surface area contributed by atoms with Crippen LogP contribution in [0, 0.1) is 0 Å². The number of nitrogens with one attached hydrogen (secondary N) is 1. The average molecular weight is 504 g/mol. The van der Waals surface area contributed by atoms with Gasteiger partial charge in [0.1, 0.15) is 6.73 Å². The minimum Gasteiger partial charge on any atom is -0.480 e. The van der Waals surface area contributed by atoms with E-state index in [1.54, 1.807) is 14.7 Å². The lowest BCUT2D eigenvalue weighted by atomic mass is 10.3. The first-order valence-electron chi connectivity index (χ1n) is 10.0. The molecule has 7 N–H and O–H groups in total. The summed E-state index contributed by atoms with van der Waals surface area (Å²) in [6, 6.07) is 0. The van der Waals surface area contributed by atoms with E-state index >= 15 is 0 Å². The molecule has 0 amide bonds. The monoisotopic (exact) mass is 503 g/mol. The maximum absolute atomic E-state index is 11.3. The standard InChI is InChI=1S/C16H34N5O9PS/c22-14(9-17-32-29)10-18-1-3-19(11-15(23)24)5-7-21(13-30-31(27)28)8-6-20(4-2-18)12-16(25)26/h14,17,22,27-29H,1-13H2,(H,23,24)(H,25,26). The number of hydrogen-bond acceptors (Lipinski definition) is 13. The molecular formula is C16H34N5O9PS. The summed E-state index contributed by atoms with van der Waals surface area (Å²) in [5.74, 6) is -1.95. The van der Waals surface area contributed by atoms with Crippen LogP contribution in [0.5, 0.6) is 0 Å². The quantitative estimate of drug-likeness (QED) is 0.0849. The van der Waals surface area contributed by atoms with Crippen LogP contribution in [0.2, 0.25) is 0 Å². The van der Waals surface area contributed by atoms with E-state index in [2.05, 4.69) is 4.72 Å². The second-order valence-corrected chi connectivity index (χ2v) is 8.60. The zero-order valence-corrected chi connectivity index (χ0v) is 19.5. The smallest absolute Gasteiger partial charge is 0.328 e. The van der Waals surface area contributed by atoms with Crippen LogP contribution in [0.3, 0.4) is 0 Å². The molecule has 16 heteroatoms. The third kappa shape index (κ3) is 14.5. The molecule has 32 heavy (non-hydrogen) atoms. The molecule has 0 bridgehead atoms. The van der Waals surface area contributed by atoms with Gasteiger partial charge < -0.3 is 29.7 Å². The predicted octanol–water partition coefficient (Wildman–Crippen LogP) is -2.37. The van der Waals surface area contributed by atoms with E-state index < -0.39 is 26.6 Å². The number of carbonyl (C=O) groups is 2. The summed E-state index contributed by atoms with van der Waals surface area (Å²) in [6.07, 6.45) is -0.775. The molecule has 0 aromatic carbocycles. The molecular weight excluding hydrogens is 469 g/mol. The van der Waals surface area contributed by atoms with Crippen molar-refractivity contribution in [3.8, 4) is 0 Å². The van der Waals surface area contributed by atoms with E-state index in [-0.39, 0.29) is 32.9 Å². The number of carboxylic acid groups (broad SMARTS) is 2. The molecule has 1 saturated heterocycles. The van der Waals surface area contributed by atoms with Gasteiger partial charge in [0.2, 0.25) is 0 Å². The third-order valence-corrected chi connectivity index (χ3v) is 5.50. The van der Waals surface area contributed by atoms with Crippen molar-refractivity contribution >= 4 is 32.8 Å². The fourth-order valence-corrected chi connectivity index (χ4v) is 3.75. The number of carboxylic acids is 2. The highest BCUT2D eigenvalue weighted by molar-refractivity contribution is 7.91. The molecule has 1 heterocycles. The van der Waals surface area contributed by atoms with Gasteiger partial charge in [0.15, 0.2) is 0 Å². The predicted molar refractivity (Wildman–Crippen MR) is 118 cm³/mol. The lowest BCUT2D eigenvalue weighted by Gasteiger charge is -2.34. The molecule has 188 valence electrons. The lowest BCUT2D eigenvalue weighted by molar-refractivity contribution is -0.139. The van der Waals surface area contributed by atoms with Crippen LogP contribution in [0.25, 0.3) is 0 Å². The molecule has 1 unspecified atom stereocenters. The zero-order valence-electron chi connectivity index (χ0n) is 17.8. The van der Waals surface area contributed by atoms with E-state index in [0.717, 1.165) is 0 Å². The summed E-state index contributed by atoms with van der Waals surface area (Å²) >= 11 is 0.410. The second kappa shape index (κ2) is 16.9. The molecule has 1 aliphatic heterocycles. The van der Waals surface area contributed by atoms with Gasteiger partial charge in [0.05, 0.1) is 31.4 Å². The van der Waals surface area contributed by atoms with Crippen LogP contribution in [0.1, 0.15) is 0 Å². The van der Waals surface area contributed by atoms with Crippen LogP contribution >= 0.6 is 20.8 Å². The van der Waals surface area contributed by atoms with Crippen LogP contribution in [-0.2, 0) is 14.1 Å². The molecule has 0 spiro atoms. The Bertz CT molecular complexity index is 522. The molecule has 1 atom stereocenters. The maximum atomic E-state index is 11.3. The van der Waals surface area contributed by atoms with Crippen LogP contribution < -0.4 is 4.72 Å². The Morgan fingerprint density at radius 2 is 1.31 bits per heavy atom. The van der Waals surface area contributed by atoms with Crippen molar-refractivity contribution in [3.63, 3.8) is 0 Å². The largest absolute Gasteiger partial charge is 0.480 e. The Hall–Kier alpha value is -0.680. The average Bonchev–Trinajstić information content (AvgIpc) is 2.70. The molecule has 1 aliphatic rings. The van der Waals surface area contributed by atoms with E-state index in [0.29, 0.717) is 64.6 Å². The Labute approximate surface area is 192 Å². The minimum atomic E-state index is -2.54. The molecule has 0 radical (unpaired) electrons. The van der Waals surface area contributed by atoms with E-state index in [9.17, 15) is 24.9 Å². The second-order valence-electron chi connectivity index (χ2n) is 7.36. The van der Waals surface area contributed by atoms with Crippen molar-refractivity contribution in [2.75, 3.05) is 85.3 Å². The minimum absolute atomic E-state index is 0.0747. The van der Waals surface area contributed by atoms with E-state index in [1.807, 2.05) is 4.90 Å². The lowest BCUT2D eigenvalue weighted by Crippen LogP contribution is -2.49. The van der Waals surface area contributed by atoms with Gasteiger partial charge in [-0.15, -0.1) is 0 Å². The fourth-order valence-electron chi connectivity index (χ4n) is 3.22. The van der Waals surface area contributed by atoms with Gasteiger partial charge in [-0.25, -0.2) is 4.72 Å². The number of β-amino-alcohol motifs (C(OH)–C–C–N with tert-alkyl or cyclic N) is 1. The number of aliphatic hydroxyl groups excluding tert-OH is 1. The first-order valence-corrected chi connectivity index (χ1v) is 12.0. The first kappa shape index (κ1) is 29.4. The SMILES string of the molecule is O=C(O)CN1CCN(COP(O)O)CCN(CC(=O)O)CCN(CC(O)CNSO)CC1. The van der Waals surface area contributed by atoms with Gasteiger partial charge in [-0.05, 0) is 0 Å². The normalized spacial score (nSPS) is 20.0. The molecule has 0 aromatic heterocycles. The first-order chi connectivity index (χ1) is 15.2. The number of hydrogen-bond donors (Lipinski definition) is 7. The van der Waals surface area contributed by atoms with Crippen LogP contribution in [-0.4, -0.2) is 153 Å². The number of aliphatic hydroxyl groups is 1. The summed E-state index contributed by atoms with van der Waals surface area (Å²) in [5.41, 5.74) is 0. The van der Waals surface area contributed by atoms with Crippen LogP contribution in [0.4, 0.5) is 0 Å². The van der Waals surface area contributed by atoms with Gasteiger partial charge in [0, 0.05) is 65.4 Å². The van der Waals surface area contributed by atoms with Gasteiger partial charge in [-0.2, -0.15) is 0 Å². The van der Waals surface area contributed by atoms with E-state index in [1.165, 1.54) is 0 Å². The van der Waals surface area contributed by atoms with Gasteiger partial charge in [-0.3, -0.25) is 33.7 Å². The Kier molecular flexibility index (Phi) is 15.5. The number of nitrogens with zero attached hydrogens (tertiary/aromatic N) is 4. The van der Waals surface area contributed by atoms with Crippen molar-refractivity contribution in [1.82, 2.24) is 24.3 Å². The van der Waals surface area contributed by atoms with Gasteiger partial charge in [0.25, 0.3) is 0 Å². The van der Waals surface area contributed by atoms with Crippen molar-refractivity contribution in [3.05, 3.63) is 0 Å². The fraction of sp³-hybridized carbons (Fsp3) is 0.875. The van der Waals surface area contributed by atoms with Gasteiger partial charge >= 0.3 is 20.5 Å². The van der Waals surface area contributed by atoms with Crippen molar-refractivity contribution < 1.29 is 43.8 Å². The van der Waals surface area contributed by atoms with Crippen molar-refractivity contribution in [2.24, 2.45) is 0 Å². The highest BCUT2D eigenvalue weighted by atomic mass is 32.2. The summed E-state index contributed by atoms with van der Waals surface area (Å²) in [4.78, 5) is 47.8. The molecule has 0 aliphatic carbocycles. The zero-order chi connectivity index (χ0) is 23.9. The van der Waals surface area contributed by atoms with E-state index in [4.69, 9.17) is 18.9 Å². The molecule has 0 saturated carbocycles. The highest BCUT2D eigenvalue weighted by Gasteiger charge is 2.20. The Morgan fingerprint density at radius 3 is 1.72 bits per heavy atom. The summed E-state index contributed by atoms with van der Waals surface area (Å²) in [6.45, 7) is 3.24. The summed E-state index contributed by atoms with van der Waals surface area (Å²) < 4.78 is 16.2. The molecule has 1 rings (SSSR count).